The average Bonchev–Trinajstić information content (AvgIpc) is 2.59. The molecule has 0 saturated heterocycles. The number of primary amides is 1. The quantitative estimate of drug-likeness (QED) is 0.546. The highest BCUT2D eigenvalue weighted by Gasteiger charge is 2.17. The first-order chi connectivity index (χ1) is 12.6. The van der Waals surface area contributed by atoms with Crippen molar-refractivity contribution in [2.75, 3.05) is 0 Å². The lowest BCUT2D eigenvalue weighted by Crippen LogP contribution is -2.36. The van der Waals surface area contributed by atoms with Gasteiger partial charge in [0.25, 0.3) is 0 Å². The molecule has 3 amide bonds. The molecule has 0 spiro atoms. The summed E-state index contributed by atoms with van der Waals surface area (Å²) >= 11 is 5.85. The second-order valence-corrected chi connectivity index (χ2v) is 7.78. The number of nitrogens with one attached hydrogen (secondary N) is 2. The number of amides is 3. The van der Waals surface area contributed by atoms with Crippen LogP contribution in [-0.4, -0.2) is 20.4 Å². The molecule has 2 rings (SSSR count). The van der Waals surface area contributed by atoms with Gasteiger partial charge in [0.2, 0.25) is 15.9 Å². The Morgan fingerprint density at radius 1 is 1.04 bits per heavy atom. The van der Waals surface area contributed by atoms with E-state index in [1.165, 1.54) is 12.1 Å². The number of hydrogen-bond donors (Lipinski definition) is 4. The van der Waals surface area contributed by atoms with E-state index in [9.17, 15) is 18.0 Å². The van der Waals surface area contributed by atoms with Crippen molar-refractivity contribution in [3.63, 3.8) is 0 Å². The molecule has 144 valence electrons. The summed E-state index contributed by atoms with van der Waals surface area (Å²) in [6, 6.07) is 11.2. The normalized spacial score (nSPS) is 12.2. The first-order valence-corrected chi connectivity index (χ1v) is 9.77. The van der Waals surface area contributed by atoms with Gasteiger partial charge in [0, 0.05) is 11.6 Å². The minimum absolute atomic E-state index is 0.00830. The van der Waals surface area contributed by atoms with Gasteiger partial charge in [0.05, 0.1) is 17.4 Å². The number of sulfonamides is 1. The van der Waals surface area contributed by atoms with E-state index in [0.717, 1.165) is 0 Å². The number of carbonyl (C=O) groups excluding carboxylic acids is 2. The summed E-state index contributed by atoms with van der Waals surface area (Å²) in [5, 5.41) is 10.8. The number of halogens is 1. The van der Waals surface area contributed by atoms with Crippen LogP contribution in [0.2, 0.25) is 5.02 Å². The molecular weight excluding hydrogens is 392 g/mol. The van der Waals surface area contributed by atoms with Gasteiger partial charge >= 0.3 is 6.03 Å². The average molecular weight is 411 g/mol. The van der Waals surface area contributed by atoms with Gasteiger partial charge in [-0.2, -0.15) is 0 Å². The first kappa shape index (κ1) is 20.7. The van der Waals surface area contributed by atoms with E-state index in [0.29, 0.717) is 16.1 Å². The van der Waals surface area contributed by atoms with E-state index in [1.54, 1.807) is 36.4 Å². The topological polar surface area (TPSA) is 144 Å². The third-order valence-electron chi connectivity index (χ3n) is 3.72. The van der Waals surface area contributed by atoms with Crippen LogP contribution >= 0.6 is 11.6 Å². The standard InChI is InChI=1S/C17H19ClN4O4S/c18-13-5-3-12(4-6-13)15(22-17(19)24)9-16(23)21-10-11-1-7-14(8-2-11)27(20,25)26/h1-8,15H,9-10H2,(H,21,23)(H3,19,22,24)(H2,20,25,26)/t15-/m0/s1. The van der Waals surface area contributed by atoms with Crippen molar-refractivity contribution in [3.05, 3.63) is 64.7 Å². The molecule has 8 nitrogen and oxygen atoms in total. The van der Waals surface area contributed by atoms with E-state index in [4.69, 9.17) is 22.5 Å². The van der Waals surface area contributed by atoms with Crippen molar-refractivity contribution < 1.29 is 18.0 Å². The third-order valence-corrected chi connectivity index (χ3v) is 4.90. The molecule has 6 N–H and O–H groups in total. The molecule has 2 aromatic rings. The van der Waals surface area contributed by atoms with E-state index >= 15 is 0 Å². The molecule has 1 atom stereocenters. The molecule has 27 heavy (non-hydrogen) atoms. The fourth-order valence-electron chi connectivity index (χ4n) is 2.37. The molecule has 0 bridgehead atoms. The number of hydrogen-bond acceptors (Lipinski definition) is 4. The van der Waals surface area contributed by atoms with E-state index in [1.807, 2.05) is 0 Å². The van der Waals surface area contributed by atoms with Gasteiger partial charge in [-0.25, -0.2) is 18.4 Å². The molecule has 2 aromatic carbocycles. The Kier molecular flexibility index (Phi) is 6.78. The summed E-state index contributed by atoms with van der Waals surface area (Å²) in [4.78, 5) is 23.4. The fourth-order valence-corrected chi connectivity index (χ4v) is 3.02. The van der Waals surface area contributed by atoms with Crippen LogP contribution in [0.5, 0.6) is 0 Å². The second kappa shape index (κ2) is 8.85. The molecule has 0 saturated carbocycles. The second-order valence-electron chi connectivity index (χ2n) is 5.78. The number of carbonyl (C=O) groups is 2. The van der Waals surface area contributed by atoms with E-state index in [2.05, 4.69) is 10.6 Å². The highest BCUT2D eigenvalue weighted by molar-refractivity contribution is 7.89. The zero-order valence-corrected chi connectivity index (χ0v) is 15.8. The number of nitrogens with two attached hydrogens (primary N) is 2. The zero-order valence-electron chi connectivity index (χ0n) is 14.2. The maximum atomic E-state index is 12.2. The summed E-state index contributed by atoms with van der Waals surface area (Å²) in [5.41, 5.74) is 6.57. The molecule has 0 aromatic heterocycles. The lowest BCUT2D eigenvalue weighted by molar-refractivity contribution is -0.121. The zero-order chi connectivity index (χ0) is 20.0. The van der Waals surface area contributed by atoms with Crippen LogP contribution in [0.4, 0.5) is 4.79 Å². The van der Waals surface area contributed by atoms with Crippen LogP contribution in [-0.2, 0) is 21.4 Å². The van der Waals surface area contributed by atoms with Crippen molar-refractivity contribution >= 4 is 33.6 Å². The van der Waals surface area contributed by atoms with Gasteiger partial charge < -0.3 is 16.4 Å². The molecular formula is C17H19ClN4O4S. The minimum atomic E-state index is -3.76. The predicted molar refractivity (Wildman–Crippen MR) is 101 cm³/mol. The predicted octanol–water partition coefficient (Wildman–Crippen LogP) is 1.40. The molecule has 10 heteroatoms. The summed E-state index contributed by atoms with van der Waals surface area (Å²) in [6.07, 6.45) is -0.0279. The summed E-state index contributed by atoms with van der Waals surface area (Å²) in [6.45, 7) is 0.188. The van der Waals surface area contributed by atoms with Crippen molar-refractivity contribution in [1.29, 1.82) is 0 Å². The molecule has 0 radical (unpaired) electrons. The molecule has 0 aliphatic heterocycles. The smallest absolute Gasteiger partial charge is 0.312 e. The third kappa shape index (κ3) is 6.55. The fraction of sp³-hybridized carbons (Fsp3) is 0.176. The van der Waals surface area contributed by atoms with Crippen LogP contribution in [0.3, 0.4) is 0 Å². The van der Waals surface area contributed by atoms with Crippen LogP contribution < -0.4 is 21.5 Å². The molecule has 0 aliphatic rings. The number of rotatable bonds is 7. The summed E-state index contributed by atoms with van der Waals surface area (Å²) in [5.74, 6) is -0.320. The van der Waals surface area contributed by atoms with Crippen LogP contribution in [0.25, 0.3) is 0 Å². The Hall–Kier alpha value is -2.62. The van der Waals surface area contributed by atoms with Crippen molar-refractivity contribution in [1.82, 2.24) is 10.6 Å². The van der Waals surface area contributed by atoms with Crippen molar-refractivity contribution in [2.45, 2.75) is 23.9 Å². The Labute approximate surface area is 161 Å². The minimum Gasteiger partial charge on any atom is -0.352 e. The van der Waals surface area contributed by atoms with Gasteiger partial charge in [0.15, 0.2) is 0 Å². The Morgan fingerprint density at radius 3 is 2.15 bits per heavy atom. The highest BCUT2D eigenvalue weighted by Crippen LogP contribution is 2.19. The SMILES string of the molecule is NC(=O)N[C@@H](CC(=O)NCc1ccc(S(N)(=O)=O)cc1)c1ccc(Cl)cc1. The maximum absolute atomic E-state index is 12.2. The number of primary sulfonamides is 1. The molecule has 0 fully saturated rings. The van der Waals surface area contributed by atoms with Crippen LogP contribution in [0, 0.1) is 0 Å². The lowest BCUT2D eigenvalue weighted by atomic mass is 10.0. The lowest BCUT2D eigenvalue weighted by Gasteiger charge is -2.18. The van der Waals surface area contributed by atoms with Crippen molar-refractivity contribution in [2.24, 2.45) is 10.9 Å². The highest BCUT2D eigenvalue weighted by atomic mass is 35.5. The maximum Gasteiger partial charge on any atom is 0.312 e. The van der Waals surface area contributed by atoms with Crippen molar-refractivity contribution in [3.8, 4) is 0 Å². The van der Waals surface area contributed by atoms with Gasteiger partial charge in [-0.3, -0.25) is 4.79 Å². The first-order valence-electron chi connectivity index (χ1n) is 7.85. The van der Waals surface area contributed by atoms with Gasteiger partial charge in [-0.1, -0.05) is 35.9 Å². The largest absolute Gasteiger partial charge is 0.352 e. The van der Waals surface area contributed by atoms with E-state index < -0.39 is 22.1 Å². The summed E-state index contributed by atoms with van der Waals surface area (Å²) < 4.78 is 22.5. The molecule has 0 heterocycles. The van der Waals surface area contributed by atoms with Gasteiger partial charge in [-0.05, 0) is 35.4 Å². The number of benzene rings is 2. The van der Waals surface area contributed by atoms with Crippen LogP contribution in [0.15, 0.2) is 53.4 Å². The van der Waals surface area contributed by atoms with Gasteiger partial charge in [0.1, 0.15) is 0 Å². The molecule has 0 aliphatic carbocycles. The Morgan fingerprint density at radius 2 is 1.63 bits per heavy atom. The monoisotopic (exact) mass is 410 g/mol. The summed E-state index contributed by atoms with van der Waals surface area (Å²) in [7, 11) is -3.76. The van der Waals surface area contributed by atoms with Crippen LogP contribution in [0.1, 0.15) is 23.6 Å². The van der Waals surface area contributed by atoms with Gasteiger partial charge in [-0.15, -0.1) is 0 Å². The Balaban J connectivity index is 1.99. The molecule has 0 unspecified atom stereocenters. The number of urea groups is 1. The Bertz CT molecular complexity index is 915. The van der Waals surface area contributed by atoms with E-state index in [-0.39, 0.29) is 23.8 Å².